The highest BCUT2D eigenvalue weighted by Crippen LogP contribution is 2.34. The summed E-state index contributed by atoms with van der Waals surface area (Å²) >= 11 is 1.61. The smallest absolute Gasteiger partial charge is 0.312 e. The van der Waals surface area contributed by atoms with Crippen LogP contribution in [-0.4, -0.2) is 26.8 Å². The summed E-state index contributed by atoms with van der Waals surface area (Å²) in [5.74, 6) is -0.306. The Balaban J connectivity index is 2.37. The van der Waals surface area contributed by atoms with Gasteiger partial charge in [-0.2, -0.15) is 0 Å². The minimum atomic E-state index is -0.763. The fraction of sp³-hybridized carbons (Fsp3) is 0.429. The number of hydrogen-bond acceptors (Lipinski definition) is 3. The van der Waals surface area contributed by atoms with Gasteiger partial charge in [0.15, 0.2) is 0 Å². The van der Waals surface area contributed by atoms with Gasteiger partial charge in [0.1, 0.15) is 10.9 Å². The van der Waals surface area contributed by atoms with Crippen LogP contribution >= 0.6 is 11.8 Å². The number of imidazole rings is 1. The highest BCUT2D eigenvalue weighted by Gasteiger charge is 2.28. The van der Waals surface area contributed by atoms with Gasteiger partial charge in [0.2, 0.25) is 0 Å². The lowest BCUT2D eigenvalue weighted by Gasteiger charge is -2.16. The average molecular weight is 184 g/mol. The third-order valence-corrected chi connectivity index (χ3v) is 2.96. The van der Waals surface area contributed by atoms with E-state index in [4.69, 9.17) is 5.11 Å². The Kier molecular flexibility index (Phi) is 1.80. The number of rotatable bonds is 1. The van der Waals surface area contributed by atoms with Gasteiger partial charge in [0, 0.05) is 5.75 Å². The number of nitrogens with zero attached hydrogens (tertiary/aromatic N) is 1. The SMILES string of the molecule is O=C(O)C1CCSc2nc[nH]c21. The van der Waals surface area contributed by atoms with Crippen LogP contribution in [0.4, 0.5) is 0 Å². The van der Waals surface area contributed by atoms with Crippen molar-refractivity contribution in [3.8, 4) is 0 Å². The number of carbonyl (C=O) groups is 1. The number of carboxylic acid groups (broad SMARTS) is 1. The van der Waals surface area contributed by atoms with Gasteiger partial charge in [-0.15, -0.1) is 11.8 Å². The lowest BCUT2D eigenvalue weighted by molar-refractivity contribution is -0.139. The van der Waals surface area contributed by atoms with E-state index in [9.17, 15) is 4.79 Å². The second kappa shape index (κ2) is 2.82. The molecule has 0 saturated heterocycles. The molecule has 4 nitrogen and oxygen atoms in total. The van der Waals surface area contributed by atoms with Crippen LogP contribution in [0.1, 0.15) is 18.0 Å². The Morgan fingerprint density at radius 2 is 2.67 bits per heavy atom. The predicted molar refractivity (Wildman–Crippen MR) is 44.3 cm³/mol. The number of carboxylic acids is 1. The zero-order chi connectivity index (χ0) is 8.55. The summed E-state index contributed by atoms with van der Waals surface area (Å²) in [6.45, 7) is 0. The molecule has 0 bridgehead atoms. The van der Waals surface area contributed by atoms with Gasteiger partial charge in [-0.1, -0.05) is 0 Å². The zero-order valence-electron chi connectivity index (χ0n) is 6.28. The van der Waals surface area contributed by atoms with Gasteiger partial charge < -0.3 is 10.1 Å². The number of aliphatic carboxylic acids is 1. The Morgan fingerprint density at radius 3 is 3.42 bits per heavy atom. The summed E-state index contributed by atoms with van der Waals surface area (Å²) in [5, 5.41) is 9.69. The van der Waals surface area contributed by atoms with Crippen LogP contribution < -0.4 is 0 Å². The van der Waals surface area contributed by atoms with Crippen molar-refractivity contribution in [2.24, 2.45) is 0 Å². The number of fused-ring (bicyclic) bond motifs is 1. The summed E-state index contributed by atoms with van der Waals surface area (Å²) in [6, 6.07) is 0. The van der Waals surface area contributed by atoms with Crippen molar-refractivity contribution >= 4 is 17.7 Å². The van der Waals surface area contributed by atoms with Crippen molar-refractivity contribution in [1.82, 2.24) is 9.97 Å². The Bertz CT molecular complexity index is 310. The van der Waals surface area contributed by atoms with Crippen LogP contribution in [0.3, 0.4) is 0 Å². The molecular formula is C7H8N2O2S. The topological polar surface area (TPSA) is 66.0 Å². The molecular weight excluding hydrogens is 176 g/mol. The predicted octanol–water partition coefficient (Wildman–Crippen LogP) is 1.07. The highest BCUT2D eigenvalue weighted by molar-refractivity contribution is 7.99. The van der Waals surface area contributed by atoms with E-state index in [1.807, 2.05) is 0 Å². The van der Waals surface area contributed by atoms with E-state index in [1.54, 1.807) is 18.1 Å². The molecule has 0 aromatic carbocycles. The molecule has 0 fully saturated rings. The molecule has 2 N–H and O–H groups in total. The van der Waals surface area contributed by atoms with Gasteiger partial charge in [0.25, 0.3) is 0 Å². The van der Waals surface area contributed by atoms with Crippen LogP contribution in [0.2, 0.25) is 0 Å². The lowest BCUT2D eigenvalue weighted by Crippen LogP contribution is -2.16. The number of thioether (sulfide) groups is 1. The maximum atomic E-state index is 10.8. The van der Waals surface area contributed by atoms with Gasteiger partial charge in [0.05, 0.1) is 12.0 Å². The zero-order valence-corrected chi connectivity index (χ0v) is 7.10. The molecule has 0 spiro atoms. The molecule has 0 radical (unpaired) electrons. The van der Waals surface area contributed by atoms with Gasteiger partial charge in [-0.25, -0.2) is 4.98 Å². The van der Waals surface area contributed by atoms with Crippen LogP contribution in [0.25, 0.3) is 0 Å². The highest BCUT2D eigenvalue weighted by atomic mass is 32.2. The summed E-state index contributed by atoms with van der Waals surface area (Å²) < 4.78 is 0. The van der Waals surface area contributed by atoms with E-state index in [0.717, 1.165) is 16.5 Å². The first-order valence-corrected chi connectivity index (χ1v) is 4.66. The second-order valence-electron chi connectivity index (χ2n) is 2.65. The summed E-state index contributed by atoms with van der Waals surface area (Å²) in [4.78, 5) is 17.7. The van der Waals surface area contributed by atoms with E-state index < -0.39 is 5.97 Å². The number of aromatic amines is 1. The fourth-order valence-corrected chi connectivity index (χ4v) is 2.35. The first kappa shape index (κ1) is 7.67. The molecule has 0 saturated carbocycles. The van der Waals surface area contributed by atoms with Crippen molar-refractivity contribution < 1.29 is 9.90 Å². The lowest BCUT2D eigenvalue weighted by atomic mass is 10.0. The molecule has 1 aromatic rings. The van der Waals surface area contributed by atoms with Crippen molar-refractivity contribution in [2.75, 3.05) is 5.75 Å². The Hall–Kier alpha value is -0.970. The Labute approximate surface area is 73.4 Å². The number of nitrogens with one attached hydrogen (secondary N) is 1. The largest absolute Gasteiger partial charge is 0.481 e. The first-order chi connectivity index (χ1) is 5.79. The van der Waals surface area contributed by atoms with Gasteiger partial charge in [-0.05, 0) is 6.42 Å². The standard InChI is InChI=1S/C7H8N2O2S/c10-7(11)4-1-2-12-6-5(4)8-3-9-6/h3-4H,1-2H2,(H,8,9)(H,10,11). The van der Waals surface area contributed by atoms with E-state index in [1.165, 1.54) is 0 Å². The molecule has 1 aromatic heterocycles. The Morgan fingerprint density at radius 1 is 1.83 bits per heavy atom. The van der Waals surface area contributed by atoms with Crippen LogP contribution in [0.5, 0.6) is 0 Å². The molecule has 1 aliphatic heterocycles. The maximum Gasteiger partial charge on any atom is 0.312 e. The third kappa shape index (κ3) is 1.10. The van der Waals surface area contributed by atoms with Crippen LogP contribution in [-0.2, 0) is 4.79 Å². The van der Waals surface area contributed by atoms with E-state index in [-0.39, 0.29) is 5.92 Å². The molecule has 1 aliphatic rings. The number of aromatic nitrogens is 2. The van der Waals surface area contributed by atoms with Crippen molar-refractivity contribution in [1.29, 1.82) is 0 Å². The molecule has 1 unspecified atom stereocenters. The van der Waals surface area contributed by atoms with E-state index >= 15 is 0 Å². The summed E-state index contributed by atoms with van der Waals surface area (Å²) in [7, 11) is 0. The van der Waals surface area contributed by atoms with Gasteiger partial charge >= 0.3 is 5.97 Å². The molecule has 2 heterocycles. The molecule has 64 valence electrons. The van der Waals surface area contributed by atoms with Crippen molar-refractivity contribution in [2.45, 2.75) is 17.4 Å². The average Bonchev–Trinajstić information content (AvgIpc) is 2.49. The summed E-state index contributed by atoms with van der Waals surface area (Å²) in [6.07, 6.45) is 2.24. The van der Waals surface area contributed by atoms with E-state index in [2.05, 4.69) is 9.97 Å². The second-order valence-corrected chi connectivity index (χ2v) is 3.73. The molecule has 0 amide bonds. The van der Waals surface area contributed by atoms with Gasteiger partial charge in [-0.3, -0.25) is 4.79 Å². The molecule has 1 atom stereocenters. The van der Waals surface area contributed by atoms with Crippen molar-refractivity contribution in [3.63, 3.8) is 0 Å². The third-order valence-electron chi connectivity index (χ3n) is 1.92. The first-order valence-electron chi connectivity index (χ1n) is 3.68. The molecule has 0 aliphatic carbocycles. The van der Waals surface area contributed by atoms with Crippen molar-refractivity contribution in [3.05, 3.63) is 12.0 Å². The minimum Gasteiger partial charge on any atom is -0.481 e. The summed E-state index contributed by atoms with van der Waals surface area (Å²) in [5.41, 5.74) is 0.763. The normalized spacial score (nSPS) is 21.8. The van der Waals surface area contributed by atoms with E-state index in [0.29, 0.717) is 6.42 Å². The molecule has 2 rings (SSSR count). The number of hydrogen-bond donors (Lipinski definition) is 2. The van der Waals surface area contributed by atoms with Crippen LogP contribution in [0, 0.1) is 0 Å². The number of H-pyrrole nitrogens is 1. The molecule has 12 heavy (non-hydrogen) atoms. The monoisotopic (exact) mass is 184 g/mol. The fourth-order valence-electron chi connectivity index (χ4n) is 1.32. The minimum absolute atomic E-state index is 0.385. The van der Waals surface area contributed by atoms with Crippen LogP contribution in [0.15, 0.2) is 11.4 Å². The molecule has 5 heteroatoms. The quantitative estimate of drug-likeness (QED) is 0.685. The maximum absolute atomic E-state index is 10.8.